The summed E-state index contributed by atoms with van der Waals surface area (Å²) < 4.78 is 5.16. The summed E-state index contributed by atoms with van der Waals surface area (Å²) >= 11 is 1.52. The van der Waals surface area contributed by atoms with E-state index in [0.29, 0.717) is 12.2 Å². The fourth-order valence-electron chi connectivity index (χ4n) is 1.94. The first kappa shape index (κ1) is 21.6. The van der Waals surface area contributed by atoms with Crippen LogP contribution in [0, 0.1) is 0 Å². The summed E-state index contributed by atoms with van der Waals surface area (Å²) in [6.07, 6.45) is 1.52. The van der Waals surface area contributed by atoms with Crippen LogP contribution in [0.15, 0.2) is 18.2 Å². The number of phenols is 1. The van der Waals surface area contributed by atoms with Gasteiger partial charge in [-0.2, -0.15) is 11.8 Å². The van der Waals surface area contributed by atoms with E-state index in [0.717, 1.165) is 6.07 Å². The van der Waals surface area contributed by atoms with Gasteiger partial charge in [-0.05, 0) is 57.4 Å². The maximum absolute atomic E-state index is 12.5. The van der Waals surface area contributed by atoms with Gasteiger partial charge in [0.2, 0.25) is 5.91 Å². The van der Waals surface area contributed by atoms with Gasteiger partial charge in [0.1, 0.15) is 17.4 Å². The Morgan fingerprint density at radius 2 is 1.92 bits per heavy atom. The summed E-state index contributed by atoms with van der Waals surface area (Å²) in [6.45, 7) is 5.14. The summed E-state index contributed by atoms with van der Waals surface area (Å²) in [5, 5.41) is 23.8. The van der Waals surface area contributed by atoms with Crippen LogP contribution in [-0.2, 0) is 9.53 Å². The van der Waals surface area contributed by atoms with E-state index in [-0.39, 0.29) is 17.0 Å². The highest BCUT2D eigenvalue weighted by molar-refractivity contribution is 7.98. The molecule has 0 radical (unpaired) electrons. The predicted molar refractivity (Wildman–Crippen MR) is 99.9 cm³/mol. The topological polar surface area (TPSA) is 125 Å². The lowest BCUT2D eigenvalue weighted by Gasteiger charge is -2.23. The fourth-order valence-corrected chi connectivity index (χ4v) is 2.42. The summed E-state index contributed by atoms with van der Waals surface area (Å²) in [5.41, 5.74) is -0.748. The molecule has 1 aromatic carbocycles. The number of rotatable bonds is 7. The molecule has 1 rings (SSSR count). The van der Waals surface area contributed by atoms with E-state index in [9.17, 15) is 19.5 Å². The standard InChI is InChI=1S/C17H24N2O6S/c1-17(2,3)25-16(24)19-12(7-8-26-4)14(21)18-11-6-5-10(15(22)23)9-13(11)20/h5-6,9,12,20H,7-8H2,1-4H3,(H,18,21)(H,19,24)(H,22,23). The van der Waals surface area contributed by atoms with Gasteiger partial charge in [-0.15, -0.1) is 0 Å². The van der Waals surface area contributed by atoms with Crippen LogP contribution in [0.5, 0.6) is 5.75 Å². The molecule has 0 saturated carbocycles. The maximum Gasteiger partial charge on any atom is 0.408 e. The number of aromatic hydroxyl groups is 1. The number of alkyl carbamates (subject to hydrolysis) is 1. The largest absolute Gasteiger partial charge is 0.506 e. The van der Waals surface area contributed by atoms with Crippen molar-refractivity contribution in [3.05, 3.63) is 23.8 Å². The molecule has 9 heteroatoms. The van der Waals surface area contributed by atoms with Gasteiger partial charge < -0.3 is 25.6 Å². The van der Waals surface area contributed by atoms with E-state index in [4.69, 9.17) is 9.84 Å². The third-order valence-electron chi connectivity index (χ3n) is 3.12. The molecule has 0 spiro atoms. The van der Waals surface area contributed by atoms with Gasteiger partial charge in [-0.3, -0.25) is 4.79 Å². The molecule has 0 aliphatic carbocycles. The van der Waals surface area contributed by atoms with E-state index in [1.54, 1.807) is 20.8 Å². The van der Waals surface area contributed by atoms with Crippen LogP contribution in [0.2, 0.25) is 0 Å². The van der Waals surface area contributed by atoms with Crippen LogP contribution >= 0.6 is 11.8 Å². The summed E-state index contributed by atoms with van der Waals surface area (Å²) in [5.74, 6) is -1.48. The number of ether oxygens (including phenoxy) is 1. The first-order valence-electron chi connectivity index (χ1n) is 7.89. The Hall–Kier alpha value is -2.42. The number of aromatic carboxylic acids is 1. The molecular weight excluding hydrogens is 360 g/mol. The Morgan fingerprint density at radius 1 is 1.27 bits per heavy atom. The van der Waals surface area contributed by atoms with E-state index in [1.807, 2.05) is 6.26 Å². The summed E-state index contributed by atoms with van der Waals surface area (Å²) in [6, 6.07) is 2.72. The second-order valence-electron chi connectivity index (χ2n) is 6.51. The molecule has 26 heavy (non-hydrogen) atoms. The number of hydrogen-bond donors (Lipinski definition) is 4. The number of anilines is 1. The van der Waals surface area contributed by atoms with Crippen molar-refractivity contribution in [3.63, 3.8) is 0 Å². The van der Waals surface area contributed by atoms with E-state index in [1.165, 1.54) is 23.9 Å². The molecule has 2 amide bonds. The van der Waals surface area contributed by atoms with E-state index < -0.39 is 29.6 Å². The number of carbonyl (C=O) groups excluding carboxylic acids is 2. The smallest absolute Gasteiger partial charge is 0.408 e. The molecule has 4 N–H and O–H groups in total. The van der Waals surface area contributed by atoms with Crippen molar-refractivity contribution >= 4 is 35.4 Å². The number of phenolic OH excluding ortho intramolecular Hbond substituents is 1. The number of carboxylic acids is 1. The van der Waals surface area contributed by atoms with Crippen LogP contribution in [0.1, 0.15) is 37.6 Å². The van der Waals surface area contributed by atoms with Crippen molar-refractivity contribution in [2.24, 2.45) is 0 Å². The fraction of sp³-hybridized carbons (Fsp3) is 0.471. The minimum absolute atomic E-state index is 0.0557. The van der Waals surface area contributed by atoms with Gasteiger partial charge >= 0.3 is 12.1 Å². The van der Waals surface area contributed by atoms with Crippen molar-refractivity contribution in [1.82, 2.24) is 5.32 Å². The minimum atomic E-state index is -1.19. The van der Waals surface area contributed by atoms with E-state index >= 15 is 0 Å². The highest BCUT2D eigenvalue weighted by atomic mass is 32.2. The molecule has 1 aromatic rings. The Morgan fingerprint density at radius 3 is 2.42 bits per heavy atom. The first-order valence-corrected chi connectivity index (χ1v) is 9.28. The molecule has 8 nitrogen and oxygen atoms in total. The van der Waals surface area contributed by atoms with Gasteiger partial charge in [0.05, 0.1) is 11.3 Å². The highest BCUT2D eigenvalue weighted by Crippen LogP contribution is 2.24. The monoisotopic (exact) mass is 384 g/mol. The molecule has 144 valence electrons. The summed E-state index contributed by atoms with van der Waals surface area (Å²) in [7, 11) is 0. The number of carbonyl (C=O) groups is 3. The molecule has 0 bridgehead atoms. The average molecular weight is 384 g/mol. The zero-order valence-electron chi connectivity index (χ0n) is 15.2. The Labute approximate surface area is 156 Å². The second kappa shape index (κ2) is 9.33. The maximum atomic E-state index is 12.5. The number of amides is 2. The number of thioether (sulfide) groups is 1. The Kier molecular flexibility index (Phi) is 7.76. The zero-order valence-corrected chi connectivity index (χ0v) is 16.0. The zero-order chi connectivity index (χ0) is 19.9. The van der Waals surface area contributed by atoms with Gasteiger partial charge in [-0.1, -0.05) is 0 Å². The van der Waals surface area contributed by atoms with Gasteiger partial charge in [-0.25, -0.2) is 9.59 Å². The minimum Gasteiger partial charge on any atom is -0.506 e. The highest BCUT2D eigenvalue weighted by Gasteiger charge is 2.24. The van der Waals surface area contributed by atoms with Gasteiger partial charge in [0.15, 0.2) is 0 Å². The SMILES string of the molecule is CSCCC(NC(=O)OC(C)(C)C)C(=O)Nc1ccc(C(=O)O)cc1O. The van der Waals surface area contributed by atoms with Crippen LogP contribution in [0.25, 0.3) is 0 Å². The van der Waals surface area contributed by atoms with Crippen molar-refractivity contribution in [2.45, 2.75) is 38.8 Å². The summed E-state index contributed by atoms with van der Waals surface area (Å²) in [4.78, 5) is 35.3. The van der Waals surface area contributed by atoms with Gasteiger partial charge in [0.25, 0.3) is 0 Å². The van der Waals surface area contributed by atoms with Crippen LogP contribution < -0.4 is 10.6 Å². The molecule has 0 fully saturated rings. The molecule has 0 aliphatic heterocycles. The lowest BCUT2D eigenvalue weighted by atomic mass is 10.1. The van der Waals surface area contributed by atoms with Crippen LogP contribution in [0.4, 0.5) is 10.5 Å². The first-order chi connectivity index (χ1) is 12.0. The van der Waals surface area contributed by atoms with E-state index in [2.05, 4.69) is 10.6 Å². The molecule has 0 saturated heterocycles. The van der Waals surface area contributed by atoms with Crippen molar-refractivity contribution in [2.75, 3.05) is 17.3 Å². The van der Waals surface area contributed by atoms with Crippen LogP contribution in [-0.4, -0.2) is 51.8 Å². The molecule has 0 heterocycles. The predicted octanol–water partition coefficient (Wildman–Crippen LogP) is 2.68. The second-order valence-corrected chi connectivity index (χ2v) is 7.49. The van der Waals surface area contributed by atoms with Gasteiger partial charge in [0, 0.05) is 0 Å². The molecular formula is C17H24N2O6S. The number of benzene rings is 1. The lowest BCUT2D eigenvalue weighted by molar-refractivity contribution is -0.118. The average Bonchev–Trinajstić information content (AvgIpc) is 2.51. The quantitative estimate of drug-likeness (QED) is 0.533. The normalized spacial score (nSPS) is 12.2. The number of nitrogens with one attached hydrogen (secondary N) is 2. The molecule has 0 aliphatic rings. The number of hydrogen-bond acceptors (Lipinski definition) is 6. The van der Waals surface area contributed by atoms with Crippen LogP contribution in [0.3, 0.4) is 0 Å². The Balaban J connectivity index is 2.85. The molecule has 1 unspecified atom stereocenters. The van der Waals surface area contributed by atoms with Crippen molar-refractivity contribution in [1.29, 1.82) is 0 Å². The number of carboxylic acid groups (broad SMARTS) is 1. The molecule has 1 atom stereocenters. The molecule has 0 aromatic heterocycles. The van der Waals surface area contributed by atoms with Crippen molar-refractivity contribution < 1.29 is 29.3 Å². The third kappa shape index (κ3) is 7.22. The third-order valence-corrected chi connectivity index (χ3v) is 3.76. The lowest BCUT2D eigenvalue weighted by Crippen LogP contribution is -2.46. The Bertz CT molecular complexity index is 672. The van der Waals surface area contributed by atoms with Crippen molar-refractivity contribution in [3.8, 4) is 5.75 Å².